The van der Waals surface area contributed by atoms with E-state index in [0.29, 0.717) is 17.3 Å². The van der Waals surface area contributed by atoms with Crippen LogP contribution < -0.4 is 14.8 Å². The fourth-order valence-electron chi connectivity index (χ4n) is 2.28. The number of carbonyl (C=O) groups is 1. The Morgan fingerprint density at radius 2 is 2.05 bits per heavy atom. The van der Waals surface area contributed by atoms with Crippen LogP contribution in [0.25, 0.3) is 0 Å². The summed E-state index contributed by atoms with van der Waals surface area (Å²) in [6, 6.07) is 7.11. The van der Waals surface area contributed by atoms with Crippen molar-refractivity contribution in [1.29, 1.82) is 0 Å². The minimum atomic E-state index is -0.683. The Labute approximate surface area is 122 Å². The quantitative estimate of drug-likeness (QED) is 0.902. The normalized spacial score (nSPS) is 21.6. The molecule has 0 saturated carbocycles. The van der Waals surface area contributed by atoms with E-state index in [2.05, 4.69) is 15.3 Å². The van der Waals surface area contributed by atoms with E-state index < -0.39 is 6.10 Å². The molecule has 21 heavy (non-hydrogen) atoms. The number of nitrogens with zero attached hydrogens (tertiary/aromatic N) is 1. The van der Waals surface area contributed by atoms with E-state index in [9.17, 15) is 4.79 Å². The van der Waals surface area contributed by atoms with Crippen molar-refractivity contribution in [3.63, 3.8) is 0 Å². The van der Waals surface area contributed by atoms with Crippen LogP contribution in [0.4, 0.5) is 0 Å². The summed E-state index contributed by atoms with van der Waals surface area (Å²) >= 11 is 0. The third-order valence-corrected chi connectivity index (χ3v) is 3.39. The number of ether oxygens (including phenoxy) is 2. The molecule has 1 aromatic heterocycles. The topological polar surface area (TPSA) is 76.2 Å². The number of aromatic amines is 1. The second kappa shape index (κ2) is 5.47. The fraction of sp³-hybridized carbons (Fsp3) is 0.333. The van der Waals surface area contributed by atoms with Gasteiger partial charge in [0.2, 0.25) is 6.10 Å². The molecular formula is C15H17N3O3. The van der Waals surface area contributed by atoms with Crippen molar-refractivity contribution < 1.29 is 14.3 Å². The highest BCUT2D eigenvalue weighted by molar-refractivity contribution is 5.82. The Balaban J connectivity index is 1.70. The molecule has 3 unspecified atom stereocenters. The van der Waals surface area contributed by atoms with Crippen LogP contribution in [0, 0.1) is 0 Å². The first-order valence-corrected chi connectivity index (χ1v) is 6.87. The molecule has 110 valence electrons. The summed E-state index contributed by atoms with van der Waals surface area (Å²) in [5.41, 5.74) is 0. The average molecular weight is 287 g/mol. The van der Waals surface area contributed by atoms with Gasteiger partial charge in [0.1, 0.15) is 11.9 Å². The number of aromatic nitrogens is 2. The summed E-state index contributed by atoms with van der Waals surface area (Å²) in [7, 11) is 0. The number of nitrogens with one attached hydrogen (secondary N) is 2. The predicted octanol–water partition coefficient (Wildman–Crippen LogP) is 1.82. The van der Waals surface area contributed by atoms with Crippen molar-refractivity contribution in [1.82, 2.24) is 15.3 Å². The second-order valence-electron chi connectivity index (χ2n) is 5.01. The van der Waals surface area contributed by atoms with Crippen LogP contribution in [0.15, 0.2) is 36.7 Å². The first kappa shape index (κ1) is 13.5. The summed E-state index contributed by atoms with van der Waals surface area (Å²) in [5, 5.41) is 2.88. The lowest BCUT2D eigenvalue weighted by Gasteiger charge is -2.31. The SMILES string of the molecule is CC(NC(=O)C1Oc2ccccc2OC1C)c1ncc[nH]1. The molecule has 2 N–H and O–H groups in total. The van der Waals surface area contributed by atoms with E-state index in [1.165, 1.54) is 0 Å². The molecule has 2 heterocycles. The van der Waals surface area contributed by atoms with Gasteiger partial charge in [-0.15, -0.1) is 0 Å². The van der Waals surface area contributed by atoms with Crippen molar-refractivity contribution in [2.24, 2.45) is 0 Å². The van der Waals surface area contributed by atoms with Crippen molar-refractivity contribution in [3.8, 4) is 11.5 Å². The number of imidazole rings is 1. The maximum Gasteiger partial charge on any atom is 0.265 e. The maximum absolute atomic E-state index is 12.4. The average Bonchev–Trinajstić information content (AvgIpc) is 3.00. The Morgan fingerprint density at radius 3 is 2.71 bits per heavy atom. The molecule has 0 saturated heterocycles. The molecule has 6 nitrogen and oxygen atoms in total. The third kappa shape index (κ3) is 2.69. The van der Waals surface area contributed by atoms with Crippen LogP contribution in [0.5, 0.6) is 11.5 Å². The number of hydrogen-bond acceptors (Lipinski definition) is 4. The number of hydrogen-bond donors (Lipinski definition) is 2. The minimum absolute atomic E-state index is 0.221. The predicted molar refractivity (Wildman–Crippen MR) is 76.1 cm³/mol. The standard InChI is InChI=1S/C15H17N3O3/c1-9(14-16-7-8-17-14)18-15(19)13-10(2)20-11-5-3-4-6-12(11)21-13/h3-10,13H,1-2H3,(H,16,17)(H,18,19). The van der Waals surface area contributed by atoms with E-state index in [1.807, 2.05) is 32.0 Å². The number of para-hydroxylation sites is 2. The van der Waals surface area contributed by atoms with Crippen molar-refractivity contribution in [2.45, 2.75) is 32.1 Å². The van der Waals surface area contributed by atoms with Crippen molar-refractivity contribution >= 4 is 5.91 Å². The molecule has 1 amide bonds. The van der Waals surface area contributed by atoms with E-state index in [4.69, 9.17) is 9.47 Å². The molecule has 2 aromatic rings. The van der Waals surface area contributed by atoms with Crippen LogP contribution in [-0.2, 0) is 4.79 Å². The lowest BCUT2D eigenvalue weighted by Crippen LogP contribution is -2.49. The number of carbonyl (C=O) groups excluding carboxylic acids is 1. The number of fused-ring (bicyclic) bond motifs is 1. The number of amides is 1. The minimum Gasteiger partial charge on any atom is -0.482 e. The molecule has 0 aliphatic carbocycles. The molecule has 0 radical (unpaired) electrons. The van der Waals surface area contributed by atoms with E-state index >= 15 is 0 Å². The van der Waals surface area contributed by atoms with Crippen LogP contribution >= 0.6 is 0 Å². The first-order chi connectivity index (χ1) is 10.1. The Bertz CT molecular complexity index is 627. The highest BCUT2D eigenvalue weighted by atomic mass is 16.6. The molecule has 0 spiro atoms. The molecule has 0 bridgehead atoms. The van der Waals surface area contributed by atoms with Crippen molar-refractivity contribution in [3.05, 3.63) is 42.5 Å². The van der Waals surface area contributed by atoms with E-state index in [0.717, 1.165) is 0 Å². The van der Waals surface area contributed by atoms with Gasteiger partial charge in [0, 0.05) is 12.4 Å². The van der Waals surface area contributed by atoms with Gasteiger partial charge >= 0.3 is 0 Å². The number of benzene rings is 1. The zero-order valence-electron chi connectivity index (χ0n) is 11.9. The fourth-order valence-corrected chi connectivity index (χ4v) is 2.28. The summed E-state index contributed by atoms with van der Waals surface area (Å²) < 4.78 is 11.5. The molecule has 3 atom stereocenters. The van der Waals surface area contributed by atoms with Crippen LogP contribution in [0.2, 0.25) is 0 Å². The second-order valence-corrected chi connectivity index (χ2v) is 5.01. The Kier molecular flexibility index (Phi) is 3.51. The molecule has 0 fully saturated rings. The van der Waals surface area contributed by atoms with Gasteiger partial charge in [-0.2, -0.15) is 0 Å². The van der Waals surface area contributed by atoms with Crippen LogP contribution in [0.1, 0.15) is 25.7 Å². The lowest BCUT2D eigenvalue weighted by molar-refractivity contribution is -0.134. The van der Waals surface area contributed by atoms with Gasteiger partial charge in [0.15, 0.2) is 11.5 Å². The zero-order valence-corrected chi connectivity index (χ0v) is 11.9. The molecular weight excluding hydrogens is 270 g/mol. The monoisotopic (exact) mass is 287 g/mol. The van der Waals surface area contributed by atoms with Gasteiger partial charge in [0.25, 0.3) is 5.91 Å². The summed E-state index contributed by atoms with van der Waals surface area (Å²) in [5.74, 6) is 1.73. The Hall–Kier alpha value is -2.50. The molecule has 1 aliphatic rings. The van der Waals surface area contributed by atoms with Gasteiger partial charge in [0.05, 0.1) is 6.04 Å². The smallest absolute Gasteiger partial charge is 0.265 e. The van der Waals surface area contributed by atoms with Gasteiger partial charge in [-0.3, -0.25) is 4.79 Å². The third-order valence-electron chi connectivity index (χ3n) is 3.39. The zero-order chi connectivity index (χ0) is 14.8. The summed E-state index contributed by atoms with van der Waals surface area (Å²) in [6.07, 6.45) is 2.33. The molecule has 3 rings (SSSR count). The number of H-pyrrole nitrogens is 1. The lowest BCUT2D eigenvalue weighted by atomic mass is 10.1. The van der Waals surface area contributed by atoms with Crippen molar-refractivity contribution in [2.75, 3.05) is 0 Å². The van der Waals surface area contributed by atoms with Crippen LogP contribution in [0.3, 0.4) is 0 Å². The summed E-state index contributed by atoms with van der Waals surface area (Å²) in [4.78, 5) is 19.5. The maximum atomic E-state index is 12.4. The van der Waals surface area contributed by atoms with Gasteiger partial charge in [-0.1, -0.05) is 12.1 Å². The molecule has 6 heteroatoms. The highest BCUT2D eigenvalue weighted by Gasteiger charge is 2.34. The molecule has 1 aliphatic heterocycles. The van der Waals surface area contributed by atoms with Gasteiger partial charge < -0.3 is 19.8 Å². The Morgan fingerprint density at radius 1 is 1.33 bits per heavy atom. The molecule has 1 aromatic carbocycles. The highest BCUT2D eigenvalue weighted by Crippen LogP contribution is 2.33. The van der Waals surface area contributed by atoms with E-state index in [-0.39, 0.29) is 18.1 Å². The first-order valence-electron chi connectivity index (χ1n) is 6.87. The largest absolute Gasteiger partial charge is 0.482 e. The van der Waals surface area contributed by atoms with Crippen LogP contribution in [-0.4, -0.2) is 28.1 Å². The van der Waals surface area contributed by atoms with E-state index in [1.54, 1.807) is 18.5 Å². The van der Waals surface area contributed by atoms with Gasteiger partial charge in [-0.25, -0.2) is 4.98 Å². The van der Waals surface area contributed by atoms with Gasteiger partial charge in [-0.05, 0) is 26.0 Å². The number of rotatable bonds is 3. The summed E-state index contributed by atoms with van der Waals surface area (Å²) in [6.45, 7) is 3.68.